The van der Waals surface area contributed by atoms with Gasteiger partial charge in [0.25, 0.3) is 5.91 Å². The fraction of sp³-hybridized carbons (Fsp3) is 0.0588. The summed E-state index contributed by atoms with van der Waals surface area (Å²) in [6.07, 6.45) is 0. The molecule has 0 spiro atoms. The van der Waals surface area contributed by atoms with Crippen molar-refractivity contribution in [3.8, 4) is 22.1 Å². The van der Waals surface area contributed by atoms with Crippen molar-refractivity contribution in [3.05, 3.63) is 57.5 Å². The number of thiazole rings is 1. The molecule has 0 saturated heterocycles. The van der Waals surface area contributed by atoms with E-state index in [2.05, 4.69) is 10.3 Å². The molecule has 5 nitrogen and oxygen atoms in total. The molecule has 25 heavy (non-hydrogen) atoms. The number of hydrogen-bond acceptors (Lipinski definition) is 5. The number of anilines is 1. The lowest BCUT2D eigenvalue weighted by Crippen LogP contribution is -2.12. The molecule has 0 bridgehead atoms. The van der Waals surface area contributed by atoms with Gasteiger partial charge in [-0.1, -0.05) is 23.2 Å². The maximum atomic E-state index is 12.4. The minimum Gasteiger partial charge on any atom is -0.454 e. The van der Waals surface area contributed by atoms with Crippen LogP contribution in [0.3, 0.4) is 0 Å². The van der Waals surface area contributed by atoms with E-state index in [-0.39, 0.29) is 12.7 Å². The number of ether oxygens (including phenoxy) is 2. The third-order valence-corrected chi connectivity index (χ3v) is 4.99. The van der Waals surface area contributed by atoms with Gasteiger partial charge in [0, 0.05) is 16.0 Å². The van der Waals surface area contributed by atoms with Crippen LogP contribution in [0.5, 0.6) is 11.5 Å². The average molecular weight is 393 g/mol. The van der Waals surface area contributed by atoms with Gasteiger partial charge in [-0.2, -0.15) is 0 Å². The number of carbonyl (C=O) groups excluding carboxylic acids is 1. The van der Waals surface area contributed by atoms with E-state index in [4.69, 9.17) is 32.7 Å². The molecule has 4 rings (SSSR count). The van der Waals surface area contributed by atoms with Gasteiger partial charge in [0.15, 0.2) is 11.5 Å². The fourth-order valence-corrected chi connectivity index (χ4v) is 3.45. The molecule has 2 aromatic carbocycles. The van der Waals surface area contributed by atoms with Crippen LogP contribution in [0.2, 0.25) is 10.0 Å². The minimum absolute atomic E-state index is 0.213. The van der Waals surface area contributed by atoms with E-state index in [1.807, 2.05) is 18.2 Å². The topological polar surface area (TPSA) is 60.5 Å². The van der Waals surface area contributed by atoms with Gasteiger partial charge in [0.05, 0.1) is 10.7 Å². The van der Waals surface area contributed by atoms with E-state index in [0.29, 0.717) is 37.9 Å². The molecule has 1 N–H and O–H groups in total. The average Bonchev–Trinajstić information content (AvgIpc) is 3.26. The number of fused-ring (bicyclic) bond motifs is 1. The highest BCUT2D eigenvalue weighted by Gasteiger charge is 2.17. The van der Waals surface area contributed by atoms with Crippen LogP contribution < -0.4 is 14.8 Å². The molecule has 0 radical (unpaired) electrons. The standard InChI is InChI=1S/C17H10Cl2N2O3S/c18-10-2-3-11(19)12(6-10)20-16(22)13-7-25-17(21-13)9-1-4-14-15(5-9)24-8-23-14/h1-7H,8H2,(H,20,22). The lowest BCUT2D eigenvalue weighted by Gasteiger charge is -2.06. The monoisotopic (exact) mass is 392 g/mol. The van der Waals surface area contributed by atoms with Crippen molar-refractivity contribution < 1.29 is 14.3 Å². The second kappa shape index (κ2) is 6.55. The Bertz CT molecular complexity index is 974. The summed E-state index contributed by atoms with van der Waals surface area (Å²) in [5.74, 6) is 1.02. The zero-order valence-corrected chi connectivity index (χ0v) is 14.9. The van der Waals surface area contributed by atoms with Crippen LogP contribution in [-0.2, 0) is 0 Å². The Hall–Kier alpha value is -2.28. The van der Waals surface area contributed by atoms with Crippen molar-refractivity contribution in [1.82, 2.24) is 4.98 Å². The number of rotatable bonds is 3. The third kappa shape index (κ3) is 3.28. The molecule has 1 aliphatic heterocycles. The van der Waals surface area contributed by atoms with Crippen LogP contribution in [0.1, 0.15) is 10.5 Å². The molecule has 1 aromatic heterocycles. The highest BCUT2D eigenvalue weighted by molar-refractivity contribution is 7.13. The van der Waals surface area contributed by atoms with Gasteiger partial charge < -0.3 is 14.8 Å². The number of hydrogen-bond donors (Lipinski definition) is 1. The van der Waals surface area contributed by atoms with E-state index in [1.165, 1.54) is 11.3 Å². The number of nitrogens with zero attached hydrogens (tertiary/aromatic N) is 1. The van der Waals surface area contributed by atoms with Gasteiger partial charge in [0.1, 0.15) is 10.7 Å². The quantitative estimate of drug-likeness (QED) is 0.673. The lowest BCUT2D eigenvalue weighted by molar-refractivity contribution is 0.102. The van der Waals surface area contributed by atoms with Crippen LogP contribution in [0, 0.1) is 0 Å². The zero-order chi connectivity index (χ0) is 17.4. The van der Waals surface area contributed by atoms with Crippen molar-refractivity contribution in [2.45, 2.75) is 0 Å². The molecule has 0 unspecified atom stereocenters. The Kier molecular flexibility index (Phi) is 4.25. The predicted octanol–water partition coefficient (Wildman–Crippen LogP) is 5.10. The smallest absolute Gasteiger partial charge is 0.275 e. The van der Waals surface area contributed by atoms with E-state index in [9.17, 15) is 4.79 Å². The number of benzene rings is 2. The predicted molar refractivity (Wildman–Crippen MR) is 98.1 cm³/mol. The zero-order valence-electron chi connectivity index (χ0n) is 12.6. The maximum Gasteiger partial charge on any atom is 0.275 e. The molecule has 3 aromatic rings. The summed E-state index contributed by atoms with van der Waals surface area (Å²) in [6.45, 7) is 0.213. The number of amides is 1. The van der Waals surface area contributed by atoms with Crippen LogP contribution in [0.15, 0.2) is 41.8 Å². The lowest BCUT2D eigenvalue weighted by atomic mass is 10.2. The summed E-state index contributed by atoms with van der Waals surface area (Å²) in [5, 5.41) is 6.01. The van der Waals surface area contributed by atoms with Gasteiger partial charge in [-0.15, -0.1) is 11.3 Å². The second-order valence-corrected chi connectivity index (χ2v) is 6.89. The van der Waals surface area contributed by atoms with Gasteiger partial charge >= 0.3 is 0 Å². The summed E-state index contributed by atoms with van der Waals surface area (Å²) in [5.41, 5.74) is 1.60. The molecule has 0 atom stereocenters. The summed E-state index contributed by atoms with van der Waals surface area (Å²) >= 11 is 13.4. The molecule has 0 saturated carbocycles. The van der Waals surface area contributed by atoms with E-state index >= 15 is 0 Å². The highest BCUT2D eigenvalue weighted by atomic mass is 35.5. The van der Waals surface area contributed by atoms with Gasteiger partial charge in [-0.05, 0) is 36.4 Å². The Morgan fingerprint density at radius 1 is 1.12 bits per heavy atom. The molecule has 1 amide bonds. The number of carbonyl (C=O) groups is 1. The van der Waals surface area contributed by atoms with Crippen molar-refractivity contribution >= 4 is 46.1 Å². The molecular formula is C17H10Cl2N2O3S. The largest absolute Gasteiger partial charge is 0.454 e. The SMILES string of the molecule is O=C(Nc1cc(Cl)ccc1Cl)c1csc(-c2ccc3c(c2)OCO3)n1. The first kappa shape index (κ1) is 16.2. The van der Waals surface area contributed by atoms with Crippen molar-refractivity contribution in [2.24, 2.45) is 0 Å². The number of nitrogens with one attached hydrogen (secondary N) is 1. The van der Waals surface area contributed by atoms with Crippen LogP contribution in [0.4, 0.5) is 5.69 Å². The summed E-state index contributed by atoms with van der Waals surface area (Å²) in [6, 6.07) is 10.4. The molecule has 2 heterocycles. The van der Waals surface area contributed by atoms with Gasteiger partial charge in [-0.25, -0.2) is 4.98 Å². The molecule has 0 aliphatic carbocycles. The Balaban J connectivity index is 1.56. The Morgan fingerprint density at radius 3 is 2.84 bits per heavy atom. The van der Waals surface area contributed by atoms with Crippen LogP contribution >= 0.6 is 34.5 Å². The molecule has 1 aliphatic rings. The van der Waals surface area contributed by atoms with Gasteiger partial charge in [0.2, 0.25) is 6.79 Å². The summed E-state index contributed by atoms with van der Waals surface area (Å²) < 4.78 is 10.7. The molecule has 8 heteroatoms. The summed E-state index contributed by atoms with van der Waals surface area (Å²) in [4.78, 5) is 16.8. The summed E-state index contributed by atoms with van der Waals surface area (Å²) in [7, 11) is 0. The van der Waals surface area contributed by atoms with E-state index < -0.39 is 0 Å². The number of aromatic nitrogens is 1. The van der Waals surface area contributed by atoms with Crippen molar-refractivity contribution in [3.63, 3.8) is 0 Å². The van der Waals surface area contributed by atoms with Crippen molar-refractivity contribution in [1.29, 1.82) is 0 Å². The van der Waals surface area contributed by atoms with Crippen LogP contribution in [-0.4, -0.2) is 17.7 Å². The normalized spacial score (nSPS) is 12.2. The van der Waals surface area contributed by atoms with Crippen LogP contribution in [0.25, 0.3) is 10.6 Å². The van der Waals surface area contributed by atoms with Gasteiger partial charge in [-0.3, -0.25) is 4.79 Å². The Labute approximate surface area is 157 Å². The first-order chi connectivity index (χ1) is 12.1. The minimum atomic E-state index is -0.354. The first-order valence-corrected chi connectivity index (χ1v) is 8.86. The van der Waals surface area contributed by atoms with E-state index in [0.717, 1.165) is 5.56 Å². The maximum absolute atomic E-state index is 12.4. The fourth-order valence-electron chi connectivity index (χ4n) is 2.32. The highest BCUT2D eigenvalue weighted by Crippen LogP contribution is 2.36. The second-order valence-electron chi connectivity index (χ2n) is 5.18. The first-order valence-electron chi connectivity index (χ1n) is 7.22. The van der Waals surface area contributed by atoms with E-state index in [1.54, 1.807) is 23.6 Å². The third-order valence-electron chi connectivity index (χ3n) is 3.53. The molecule has 0 fully saturated rings. The van der Waals surface area contributed by atoms with Crippen molar-refractivity contribution in [2.75, 3.05) is 12.1 Å². The number of halogens is 2. The Morgan fingerprint density at radius 2 is 1.96 bits per heavy atom. The molecular weight excluding hydrogens is 383 g/mol. The molecule has 126 valence electrons.